The fourth-order valence-electron chi connectivity index (χ4n) is 2.09. The molecule has 0 unspecified atom stereocenters. The third kappa shape index (κ3) is 2.46. The highest BCUT2D eigenvalue weighted by Crippen LogP contribution is 2.45. The maximum atomic E-state index is 12.1. The Hall–Kier alpha value is -1.88. The van der Waals surface area contributed by atoms with Crippen molar-refractivity contribution >= 4 is 17.6 Å². The summed E-state index contributed by atoms with van der Waals surface area (Å²) in [7, 11) is 0. The summed E-state index contributed by atoms with van der Waals surface area (Å²) in [5, 5.41) is 11.9. The van der Waals surface area contributed by atoms with Crippen LogP contribution in [0.4, 0.5) is 5.69 Å². The van der Waals surface area contributed by atoms with E-state index >= 15 is 0 Å². The lowest BCUT2D eigenvalue weighted by Gasteiger charge is -2.15. The third-order valence-corrected chi connectivity index (χ3v) is 3.88. The van der Waals surface area contributed by atoms with Gasteiger partial charge in [-0.1, -0.05) is 0 Å². The lowest BCUT2D eigenvalue weighted by molar-refractivity contribution is -0.120. The molecule has 1 saturated carbocycles. The minimum Gasteiger partial charge on any atom is -0.478 e. The number of carboxylic acid groups (broad SMARTS) is 1. The van der Waals surface area contributed by atoms with Gasteiger partial charge in [0.25, 0.3) is 0 Å². The molecular weight excluding hydrogens is 244 g/mol. The van der Waals surface area contributed by atoms with E-state index in [1.165, 1.54) is 6.07 Å². The fourth-order valence-corrected chi connectivity index (χ4v) is 2.09. The van der Waals surface area contributed by atoms with Crippen molar-refractivity contribution in [3.8, 4) is 0 Å². The Labute approximate surface area is 111 Å². The Morgan fingerprint density at radius 2 is 2.00 bits per heavy atom. The second-order valence-corrected chi connectivity index (χ2v) is 5.21. The van der Waals surface area contributed by atoms with E-state index in [9.17, 15) is 9.59 Å². The molecule has 5 nitrogen and oxygen atoms in total. The number of carbonyl (C=O) groups is 2. The number of nitrogens with two attached hydrogens (primary N) is 1. The molecule has 0 atom stereocenters. The van der Waals surface area contributed by atoms with Crippen LogP contribution in [0.15, 0.2) is 12.1 Å². The molecule has 102 valence electrons. The van der Waals surface area contributed by atoms with Gasteiger partial charge in [-0.25, -0.2) is 4.79 Å². The number of hydrogen-bond donors (Lipinski definition) is 3. The number of carboxylic acids is 1. The summed E-state index contributed by atoms with van der Waals surface area (Å²) in [6.07, 6.45) is 1.60. The van der Waals surface area contributed by atoms with Gasteiger partial charge < -0.3 is 16.2 Å². The predicted octanol–water partition coefficient (Wildman–Crippen LogP) is 1.68. The Morgan fingerprint density at radius 1 is 1.37 bits per heavy atom. The summed E-state index contributed by atoms with van der Waals surface area (Å²) in [5.41, 5.74) is 7.45. The molecule has 0 bridgehead atoms. The highest BCUT2D eigenvalue weighted by atomic mass is 16.4. The zero-order chi connectivity index (χ0) is 14.2. The van der Waals surface area contributed by atoms with E-state index in [4.69, 9.17) is 10.8 Å². The average Bonchev–Trinajstić information content (AvgIpc) is 3.14. The summed E-state index contributed by atoms with van der Waals surface area (Å²) in [6, 6.07) is 3.28. The first-order valence-corrected chi connectivity index (χ1v) is 6.26. The van der Waals surface area contributed by atoms with Crippen LogP contribution in [-0.4, -0.2) is 23.5 Å². The molecule has 5 heteroatoms. The van der Waals surface area contributed by atoms with Gasteiger partial charge >= 0.3 is 5.97 Å². The SMILES string of the molecule is Cc1cc(NC(=O)C2(CN)CC2)cc(C(=O)O)c1C. The molecule has 1 aliphatic rings. The van der Waals surface area contributed by atoms with Gasteiger partial charge in [0.05, 0.1) is 11.0 Å². The molecule has 1 fully saturated rings. The number of carbonyl (C=O) groups excluding carboxylic acids is 1. The lowest BCUT2D eigenvalue weighted by atomic mass is 10.0. The monoisotopic (exact) mass is 262 g/mol. The molecule has 0 spiro atoms. The van der Waals surface area contributed by atoms with Crippen molar-refractivity contribution in [2.75, 3.05) is 11.9 Å². The Balaban J connectivity index is 2.26. The predicted molar refractivity (Wildman–Crippen MR) is 72.2 cm³/mol. The van der Waals surface area contributed by atoms with Crippen molar-refractivity contribution in [3.05, 3.63) is 28.8 Å². The highest BCUT2D eigenvalue weighted by Gasteiger charge is 2.48. The van der Waals surface area contributed by atoms with Crippen LogP contribution in [-0.2, 0) is 4.79 Å². The van der Waals surface area contributed by atoms with E-state index < -0.39 is 11.4 Å². The summed E-state index contributed by atoms with van der Waals surface area (Å²) < 4.78 is 0. The molecule has 4 N–H and O–H groups in total. The topological polar surface area (TPSA) is 92.4 Å². The number of benzene rings is 1. The van der Waals surface area contributed by atoms with E-state index in [0.29, 0.717) is 17.8 Å². The molecule has 1 aliphatic carbocycles. The van der Waals surface area contributed by atoms with E-state index in [1.807, 2.05) is 6.92 Å². The van der Waals surface area contributed by atoms with E-state index in [0.717, 1.165) is 18.4 Å². The third-order valence-electron chi connectivity index (χ3n) is 3.88. The second-order valence-electron chi connectivity index (χ2n) is 5.21. The maximum absolute atomic E-state index is 12.1. The van der Waals surface area contributed by atoms with E-state index in [2.05, 4.69) is 5.32 Å². The number of aromatic carboxylic acids is 1. The van der Waals surface area contributed by atoms with Crippen molar-refractivity contribution in [1.29, 1.82) is 0 Å². The quantitative estimate of drug-likeness (QED) is 0.769. The zero-order valence-electron chi connectivity index (χ0n) is 11.1. The minimum atomic E-state index is -0.989. The summed E-state index contributed by atoms with van der Waals surface area (Å²) in [4.78, 5) is 23.2. The maximum Gasteiger partial charge on any atom is 0.336 e. The van der Waals surface area contributed by atoms with Crippen LogP contribution in [0, 0.1) is 19.3 Å². The number of hydrogen-bond acceptors (Lipinski definition) is 3. The summed E-state index contributed by atoms with van der Waals surface area (Å²) >= 11 is 0. The summed E-state index contributed by atoms with van der Waals surface area (Å²) in [5.74, 6) is -1.11. The van der Waals surface area contributed by atoms with Gasteiger partial charge in [0.15, 0.2) is 0 Å². The number of aryl methyl sites for hydroxylation is 1. The standard InChI is InChI=1S/C14H18N2O3/c1-8-5-10(6-11(9(8)2)12(17)18)16-13(19)14(7-15)3-4-14/h5-6H,3-4,7,15H2,1-2H3,(H,16,19)(H,17,18). The Kier molecular flexibility index (Phi) is 3.32. The van der Waals surface area contributed by atoms with Crippen molar-refractivity contribution in [1.82, 2.24) is 0 Å². The van der Waals surface area contributed by atoms with E-state index in [-0.39, 0.29) is 11.5 Å². The Morgan fingerprint density at radius 3 is 2.47 bits per heavy atom. The normalized spacial score (nSPS) is 15.9. The molecule has 1 aromatic rings. The van der Waals surface area contributed by atoms with Gasteiger partial charge in [0.1, 0.15) is 0 Å². The van der Waals surface area contributed by atoms with Crippen LogP contribution in [0.5, 0.6) is 0 Å². The minimum absolute atomic E-state index is 0.116. The van der Waals surface area contributed by atoms with Crippen LogP contribution in [0.2, 0.25) is 0 Å². The van der Waals surface area contributed by atoms with Crippen molar-refractivity contribution in [3.63, 3.8) is 0 Å². The molecule has 1 aromatic carbocycles. The number of nitrogens with one attached hydrogen (secondary N) is 1. The van der Waals surface area contributed by atoms with Crippen LogP contribution in [0.1, 0.15) is 34.3 Å². The molecule has 2 rings (SSSR count). The van der Waals surface area contributed by atoms with Gasteiger partial charge in [-0.15, -0.1) is 0 Å². The molecule has 0 aromatic heterocycles. The number of amides is 1. The van der Waals surface area contributed by atoms with Gasteiger partial charge in [-0.3, -0.25) is 4.79 Å². The Bertz CT molecular complexity index is 548. The molecule has 0 aliphatic heterocycles. The molecule has 19 heavy (non-hydrogen) atoms. The number of rotatable bonds is 4. The molecule has 0 heterocycles. The van der Waals surface area contributed by atoms with Crippen molar-refractivity contribution in [2.24, 2.45) is 11.1 Å². The largest absolute Gasteiger partial charge is 0.478 e. The first-order chi connectivity index (χ1) is 8.89. The fraction of sp³-hybridized carbons (Fsp3) is 0.429. The molecule has 1 amide bonds. The molecular formula is C14H18N2O3. The van der Waals surface area contributed by atoms with Crippen LogP contribution in [0.3, 0.4) is 0 Å². The van der Waals surface area contributed by atoms with Gasteiger partial charge in [0, 0.05) is 12.2 Å². The molecule has 0 radical (unpaired) electrons. The van der Waals surface area contributed by atoms with Crippen molar-refractivity contribution in [2.45, 2.75) is 26.7 Å². The number of anilines is 1. The van der Waals surface area contributed by atoms with Crippen LogP contribution >= 0.6 is 0 Å². The second kappa shape index (κ2) is 4.66. The average molecular weight is 262 g/mol. The van der Waals surface area contributed by atoms with Crippen LogP contribution in [0.25, 0.3) is 0 Å². The lowest BCUT2D eigenvalue weighted by Crippen LogP contribution is -2.31. The smallest absolute Gasteiger partial charge is 0.336 e. The van der Waals surface area contributed by atoms with E-state index in [1.54, 1.807) is 13.0 Å². The van der Waals surface area contributed by atoms with Gasteiger partial charge in [-0.2, -0.15) is 0 Å². The first-order valence-electron chi connectivity index (χ1n) is 6.26. The summed E-state index contributed by atoms with van der Waals surface area (Å²) in [6.45, 7) is 3.91. The molecule has 0 saturated heterocycles. The first kappa shape index (κ1) is 13.5. The van der Waals surface area contributed by atoms with Crippen LogP contribution < -0.4 is 11.1 Å². The highest BCUT2D eigenvalue weighted by molar-refractivity contribution is 5.99. The van der Waals surface area contributed by atoms with Gasteiger partial charge in [-0.05, 0) is 49.9 Å². The van der Waals surface area contributed by atoms with Gasteiger partial charge in [0.2, 0.25) is 5.91 Å². The zero-order valence-corrected chi connectivity index (χ0v) is 11.1. The van der Waals surface area contributed by atoms with Crippen molar-refractivity contribution < 1.29 is 14.7 Å².